The minimum atomic E-state index is -0.349. The molecular weight excluding hydrogens is 368 g/mol. The van der Waals surface area contributed by atoms with E-state index in [2.05, 4.69) is 25.3 Å². The average molecular weight is 390 g/mol. The molecule has 2 aliphatic rings. The van der Waals surface area contributed by atoms with Crippen LogP contribution in [0, 0.1) is 5.41 Å². The average Bonchev–Trinajstić information content (AvgIpc) is 3.18. The van der Waals surface area contributed by atoms with Crippen LogP contribution < -0.4 is 10.1 Å². The van der Waals surface area contributed by atoms with Gasteiger partial charge in [0.15, 0.2) is 5.82 Å². The van der Waals surface area contributed by atoms with E-state index in [0.717, 1.165) is 51.0 Å². The van der Waals surface area contributed by atoms with Crippen LogP contribution in [0.25, 0.3) is 22.3 Å². The Bertz CT molecular complexity index is 1040. The summed E-state index contributed by atoms with van der Waals surface area (Å²) in [6, 6.07) is 5.42. The molecule has 148 valence electrons. The van der Waals surface area contributed by atoms with Gasteiger partial charge in [0.05, 0.1) is 17.1 Å². The molecule has 2 aliphatic heterocycles. The van der Waals surface area contributed by atoms with Crippen molar-refractivity contribution >= 4 is 17.0 Å². The predicted molar refractivity (Wildman–Crippen MR) is 107 cm³/mol. The fraction of sp³-hybridized carbons (Fsp3) is 0.381. The van der Waals surface area contributed by atoms with E-state index in [1.54, 1.807) is 30.9 Å². The first kappa shape index (κ1) is 17.9. The number of piperidine rings is 1. The van der Waals surface area contributed by atoms with Crippen molar-refractivity contribution in [2.24, 2.45) is 5.41 Å². The summed E-state index contributed by atoms with van der Waals surface area (Å²) >= 11 is 0. The van der Waals surface area contributed by atoms with Crippen molar-refractivity contribution in [3.8, 4) is 17.3 Å². The Morgan fingerprint density at radius 3 is 2.66 bits per heavy atom. The molecule has 5 heterocycles. The molecular formula is C21H22N6O2. The van der Waals surface area contributed by atoms with Crippen molar-refractivity contribution in [3.63, 3.8) is 0 Å². The van der Waals surface area contributed by atoms with E-state index in [1.807, 2.05) is 17.0 Å². The van der Waals surface area contributed by atoms with Crippen LogP contribution in [0.1, 0.15) is 19.3 Å². The number of rotatable bonds is 2. The number of likely N-dealkylation sites (tertiary alicyclic amines) is 1. The lowest BCUT2D eigenvalue weighted by Gasteiger charge is -2.33. The van der Waals surface area contributed by atoms with Gasteiger partial charge in [-0.05, 0) is 56.0 Å². The summed E-state index contributed by atoms with van der Waals surface area (Å²) in [5.74, 6) is 0.743. The van der Waals surface area contributed by atoms with E-state index >= 15 is 0 Å². The molecule has 0 bridgehead atoms. The Labute approximate surface area is 168 Å². The van der Waals surface area contributed by atoms with Crippen LogP contribution in [0.4, 0.5) is 4.79 Å². The molecule has 8 heteroatoms. The molecule has 0 atom stereocenters. The van der Waals surface area contributed by atoms with Gasteiger partial charge in [-0.2, -0.15) is 4.98 Å². The Morgan fingerprint density at radius 2 is 1.83 bits per heavy atom. The molecule has 2 fully saturated rings. The smallest absolute Gasteiger partial charge is 0.390 e. The zero-order valence-corrected chi connectivity index (χ0v) is 16.0. The molecule has 0 aliphatic carbocycles. The quantitative estimate of drug-likeness (QED) is 0.719. The van der Waals surface area contributed by atoms with Crippen LogP contribution in [0.3, 0.4) is 0 Å². The van der Waals surface area contributed by atoms with Crippen molar-refractivity contribution < 1.29 is 9.53 Å². The second-order valence-corrected chi connectivity index (χ2v) is 7.77. The number of hydrogen-bond acceptors (Lipinski definition) is 7. The fourth-order valence-corrected chi connectivity index (χ4v) is 4.26. The predicted octanol–water partition coefficient (Wildman–Crippen LogP) is 2.66. The van der Waals surface area contributed by atoms with E-state index in [4.69, 9.17) is 4.74 Å². The Hall–Kier alpha value is -3.13. The summed E-state index contributed by atoms with van der Waals surface area (Å²) in [7, 11) is 0. The van der Waals surface area contributed by atoms with Gasteiger partial charge in [0, 0.05) is 37.2 Å². The molecule has 0 saturated carbocycles. The molecule has 1 N–H and O–H groups in total. The Morgan fingerprint density at radius 1 is 1.03 bits per heavy atom. The number of nitrogens with one attached hydrogen (secondary N) is 1. The second-order valence-electron chi connectivity index (χ2n) is 7.77. The maximum Gasteiger partial charge on any atom is 0.416 e. The molecule has 1 spiro atoms. The molecule has 0 aromatic carbocycles. The van der Waals surface area contributed by atoms with Gasteiger partial charge in [-0.15, -0.1) is 0 Å². The normalized spacial score (nSPS) is 18.3. The molecule has 3 aromatic rings. The summed E-state index contributed by atoms with van der Waals surface area (Å²) in [5, 5.41) is 4.07. The largest absolute Gasteiger partial charge is 0.416 e. The van der Waals surface area contributed by atoms with Crippen molar-refractivity contribution in [1.29, 1.82) is 0 Å². The van der Waals surface area contributed by atoms with Gasteiger partial charge < -0.3 is 15.0 Å². The lowest BCUT2D eigenvalue weighted by Crippen LogP contribution is -2.40. The summed E-state index contributed by atoms with van der Waals surface area (Å²) < 4.78 is 5.78. The lowest BCUT2D eigenvalue weighted by molar-refractivity contribution is 0.147. The van der Waals surface area contributed by atoms with Crippen LogP contribution in [-0.4, -0.2) is 57.1 Å². The second kappa shape index (κ2) is 7.36. The molecule has 0 radical (unpaired) electrons. The molecule has 0 unspecified atom stereocenters. The van der Waals surface area contributed by atoms with Crippen LogP contribution in [0.15, 0.2) is 43.0 Å². The number of ether oxygens (including phenoxy) is 1. The van der Waals surface area contributed by atoms with E-state index < -0.39 is 0 Å². The fourth-order valence-electron chi connectivity index (χ4n) is 4.26. The van der Waals surface area contributed by atoms with E-state index in [-0.39, 0.29) is 17.4 Å². The number of pyridine rings is 2. The number of fused-ring (bicyclic) bond motifs is 1. The first-order valence-corrected chi connectivity index (χ1v) is 9.92. The van der Waals surface area contributed by atoms with Crippen LogP contribution in [-0.2, 0) is 0 Å². The van der Waals surface area contributed by atoms with Gasteiger partial charge in [0.2, 0.25) is 5.88 Å². The summed E-state index contributed by atoms with van der Waals surface area (Å²) in [6.07, 6.45) is 9.55. The van der Waals surface area contributed by atoms with Crippen LogP contribution >= 0.6 is 0 Å². The van der Waals surface area contributed by atoms with Gasteiger partial charge in [-0.1, -0.05) is 0 Å². The maximum atomic E-state index is 12.9. The number of amides is 1. The molecule has 8 nitrogen and oxygen atoms in total. The number of hydrogen-bond donors (Lipinski definition) is 1. The van der Waals surface area contributed by atoms with E-state index in [9.17, 15) is 4.79 Å². The van der Waals surface area contributed by atoms with E-state index in [1.165, 1.54) is 0 Å². The standard InChI is InChI=1S/C21H22N6O2/c28-20(27-12-6-21(14-27)4-10-23-11-5-21)29-19-16-3-9-24-13-17(16)25-18(26-19)15-1-7-22-8-2-15/h1-3,7-9,13,23H,4-6,10-12,14H2. The third kappa shape index (κ3) is 3.51. The van der Waals surface area contributed by atoms with Crippen molar-refractivity contribution in [2.75, 3.05) is 26.2 Å². The number of nitrogens with zero attached hydrogens (tertiary/aromatic N) is 5. The minimum absolute atomic E-state index is 0.226. The topological polar surface area (TPSA) is 93.1 Å². The van der Waals surface area contributed by atoms with Gasteiger partial charge >= 0.3 is 6.09 Å². The van der Waals surface area contributed by atoms with Gasteiger partial charge in [0.25, 0.3) is 0 Å². The highest BCUT2D eigenvalue weighted by molar-refractivity contribution is 5.86. The first-order chi connectivity index (χ1) is 14.2. The third-order valence-corrected chi connectivity index (χ3v) is 5.95. The first-order valence-electron chi connectivity index (χ1n) is 9.92. The summed E-state index contributed by atoms with van der Waals surface area (Å²) in [5.41, 5.74) is 1.66. The van der Waals surface area contributed by atoms with Gasteiger partial charge in [-0.3, -0.25) is 9.97 Å². The van der Waals surface area contributed by atoms with Crippen molar-refractivity contribution in [3.05, 3.63) is 43.0 Å². The SMILES string of the molecule is O=C(Oc1nc(-c2ccncc2)nc2cnccc12)N1CCC2(CCNCC2)C1. The lowest BCUT2D eigenvalue weighted by atomic mass is 9.78. The highest BCUT2D eigenvalue weighted by Gasteiger charge is 2.41. The van der Waals surface area contributed by atoms with Crippen LogP contribution in [0.5, 0.6) is 5.88 Å². The van der Waals surface area contributed by atoms with Gasteiger partial charge in [0.1, 0.15) is 0 Å². The Kier molecular flexibility index (Phi) is 4.55. The Balaban J connectivity index is 1.43. The zero-order valence-electron chi connectivity index (χ0n) is 16.0. The maximum absolute atomic E-state index is 12.9. The monoisotopic (exact) mass is 390 g/mol. The highest BCUT2D eigenvalue weighted by Crippen LogP contribution is 2.39. The highest BCUT2D eigenvalue weighted by atomic mass is 16.6. The molecule has 5 rings (SSSR count). The minimum Gasteiger partial charge on any atom is -0.390 e. The summed E-state index contributed by atoms with van der Waals surface area (Å²) in [6.45, 7) is 3.50. The number of carbonyl (C=O) groups excluding carboxylic acids is 1. The molecule has 29 heavy (non-hydrogen) atoms. The van der Waals surface area contributed by atoms with E-state index in [0.29, 0.717) is 16.7 Å². The molecule has 3 aromatic heterocycles. The van der Waals surface area contributed by atoms with Crippen LogP contribution in [0.2, 0.25) is 0 Å². The molecule has 2 saturated heterocycles. The number of carbonyl (C=O) groups is 1. The third-order valence-electron chi connectivity index (χ3n) is 5.95. The van der Waals surface area contributed by atoms with Gasteiger partial charge in [-0.25, -0.2) is 9.78 Å². The summed E-state index contributed by atoms with van der Waals surface area (Å²) in [4.78, 5) is 32.0. The number of aromatic nitrogens is 4. The zero-order chi connectivity index (χ0) is 19.7. The van der Waals surface area contributed by atoms with Crippen molar-refractivity contribution in [2.45, 2.75) is 19.3 Å². The molecule has 1 amide bonds. The van der Waals surface area contributed by atoms with Crippen molar-refractivity contribution in [1.82, 2.24) is 30.2 Å².